The second-order valence-corrected chi connectivity index (χ2v) is 11.6. The van der Waals surface area contributed by atoms with Crippen LogP contribution in [0, 0.1) is 5.92 Å². The van der Waals surface area contributed by atoms with E-state index in [-0.39, 0.29) is 29.2 Å². The number of amides is 2. The van der Waals surface area contributed by atoms with Gasteiger partial charge in [-0.1, -0.05) is 26.3 Å². The van der Waals surface area contributed by atoms with Crippen LogP contribution in [0.5, 0.6) is 17.2 Å². The van der Waals surface area contributed by atoms with Crippen LogP contribution in [0.4, 0.5) is 5.69 Å². The number of carbonyl (C=O) groups is 3. The van der Waals surface area contributed by atoms with Crippen LogP contribution >= 0.6 is 0 Å². The summed E-state index contributed by atoms with van der Waals surface area (Å²) >= 11 is 0. The Bertz CT molecular complexity index is 1430. The van der Waals surface area contributed by atoms with Gasteiger partial charge in [-0.15, -0.1) is 0 Å². The highest BCUT2D eigenvalue weighted by atomic mass is 16.5. The van der Waals surface area contributed by atoms with Crippen molar-refractivity contribution in [2.75, 3.05) is 40.3 Å². The van der Waals surface area contributed by atoms with Crippen molar-refractivity contribution in [3.05, 3.63) is 45.6 Å². The van der Waals surface area contributed by atoms with Crippen LogP contribution in [-0.4, -0.2) is 58.8 Å². The molecular formula is C34H47N3O8. The molecule has 246 valence electrons. The maximum atomic E-state index is 13.5. The number of anilines is 1. The summed E-state index contributed by atoms with van der Waals surface area (Å²) in [6.45, 7) is 5.96. The normalized spacial score (nSPS) is 14.3. The maximum Gasteiger partial charge on any atom is 0.328 e. The lowest BCUT2D eigenvalue weighted by Crippen LogP contribution is -2.42. The van der Waals surface area contributed by atoms with Crippen LogP contribution in [0.15, 0.2) is 29.1 Å². The van der Waals surface area contributed by atoms with E-state index in [4.69, 9.17) is 18.9 Å². The van der Waals surface area contributed by atoms with Crippen molar-refractivity contribution in [2.45, 2.75) is 77.8 Å². The van der Waals surface area contributed by atoms with E-state index in [1.165, 1.54) is 14.0 Å². The number of aryl methyl sites for hydroxylation is 1. The Morgan fingerprint density at radius 2 is 1.69 bits per heavy atom. The van der Waals surface area contributed by atoms with Gasteiger partial charge in [-0.2, -0.15) is 0 Å². The van der Waals surface area contributed by atoms with Crippen molar-refractivity contribution in [3.8, 4) is 28.4 Å². The maximum absolute atomic E-state index is 13.5. The fourth-order valence-corrected chi connectivity index (χ4v) is 5.76. The van der Waals surface area contributed by atoms with E-state index in [0.29, 0.717) is 67.1 Å². The first-order chi connectivity index (χ1) is 21.5. The first-order valence-corrected chi connectivity index (χ1v) is 15.4. The van der Waals surface area contributed by atoms with E-state index in [0.717, 1.165) is 29.5 Å². The molecule has 1 aliphatic carbocycles. The zero-order chi connectivity index (χ0) is 33.1. The lowest BCUT2D eigenvalue weighted by Gasteiger charge is -2.19. The molecule has 2 atom stereocenters. The Kier molecular flexibility index (Phi) is 13.1. The number of ether oxygens (including phenoxy) is 4. The molecule has 0 spiro atoms. The Balaban J connectivity index is 1.77. The van der Waals surface area contributed by atoms with Gasteiger partial charge in [-0.3, -0.25) is 14.4 Å². The molecule has 45 heavy (non-hydrogen) atoms. The van der Waals surface area contributed by atoms with E-state index < -0.39 is 12.0 Å². The highest BCUT2D eigenvalue weighted by Gasteiger charge is 2.29. The standard InChI is InChI=1S/C34H47N3O8/c1-20(2)17-27(34(41)45-7)37-30(40)11-9-8-10-16-35-26-15-13-23-24(19-28(26)39)25(36-21(3)38)14-12-22-18-29(42-4)32(43-5)33(44-6)31(22)23/h13,15,18-20,25,27H,8-12,14,16-17H2,1-7H3,(H,35,39)(H,36,38)(H,37,40)/t25-,27-/m0/s1. The molecule has 0 bridgehead atoms. The van der Waals surface area contributed by atoms with Crippen molar-refractivity contribution in [2.24, 2.45) is 5.92 Å². The molecule has 2 aromatic rings. The lowest BCUT2D eigenvalue weighted by molar-refractivity contribution is -0.145. The van der Waals surface area contributed by atoms with Crippen LogP contribution < -0.4 is 35.6 Å². The second-order valence-electron chi connectivity index (χ2n) is 11.6. The van der Waals surface area contributed by atoms with Gasteiger partial charge >= 0.3 is 5.97 Å². The third kappa shape index (κ3) is 9.12. The molecule has 0 saturated carbocycles. The van der Waals surface area contributed by atoms with Crippen LogP contribution in [0.3, 0.4) is 0 Å². The lowest BCUT2D eigenvalue weighted by atomic mass is 9.95. The van der Waals surface area contributed by atoms with Crippen LogP contribution in [-0.2, 0) is 25.5 Å². The van der Waals surface area contributed by atoms with E-state index in [9.17, 15) is 19.2 Å². The van der Waals surface area contributed by atoms with E-state index >= 15 is 0 Å². The monoisotopic (exact) mass is 625 g/mol. The van der Waals surface area contributed by atoms with E-state index in [1.807, 2.05) is 26.0 Å². The van der Waals surface area contributed by atoms with Crippen molar-refractivity contribution in [1.29, 1.82) is 0 Å². The summed E-state index contributed by atoms with van der Waals surface area (Å²) in [6.07, 6.45) is 4.15. The van der Waals surface area contributed by atoms with E-state index in [1.54, 1.807) is 33.5 Å². The molecule has 11 heteroatoms. The predicted octanol–water partition coefficient (Wildman–Crippen LogP) is 4.54. The minimum Gasteiger partial charge on any atom is -0.493 e. The third-order valence-electron chi connectivity index (χ3n) is 7.84. The summed E-state index contributed by atoms with van der Waals surface area (Å²) in [4.78, 5) is 50.0. The smallest absolute Gasteiger partial charge is 0.328 e. The molecule has 0 radical (unpaired) electrons. The number of nitrogens with one attached hydrogen (secondary N) is 3. The number of rotatable bonds is 15. The zero-order valence-corrected chi connectivity index (χ0v) is 27.5. The number of esters is 1. The average molecular weight is 626 g/mol. The molecule has 11 nitrogen and oxygen atoms in total. The molecule has 2 aromatic carbocycles. The molecular weight excluding hydrogens is 578 g/mol. The first kappa shape index (κ1) is 35.2. The summed E-state index contributed by atoms with van der Waals surface area (Å²) < 4.78 is 21.9. The van der Waals surface area contributed by atoms with Crippen molar-refractivity contribution in [3.63, 3.8) is 0 Å². The largest absolute Gasteiger partial charge is 0.493 e. The molecule has 3 rings (SSSR count). The van der Waals surface area contributed by atoms with Gasteiger partial charge in [-0.05, 0) is 72.9 Å². The summed E-state index contributed by atoms with van der Waals surface area (Å²) in [5.41, 5.74) is 3.43. The van der Waals surface area contributed by atoms with Gasteiger partial charge in [0, 0.05) is 25.5 Å². The van der Waals surface area contributed by atoms with Crippen LogP contribution in [0.2, 0.25) is 0 Å². The SMILES string of the molecule is COC(=O)[C@H](CC(C)C)NC(=O)CCCCCNc1ccc2c(cc1=O)[C@@H](NC(C)=O)CCc1cc(OC)c(OC)c(OC)c1-2. The van der Waals surface area contributed by atoms with E-state index in [2.05, 4.69) is 16.0 Å². The number of hydrogen-bond acceptors (Lipinski definition) is 9. The number of carbonyl (C=O) groups excluding carboxylic acids is 3. The van der Waals surface area contributed by atoms with Crippen molar-refractivity contribution >= 4 is 23.5 Å². The van der Waals surface area contributed by atoms with Gasteiger partial charge in [0.05, 0.1) is 40.2 Å². The first-order valence-electron chi connectivity index (χ1n) is 15.4. The summed E-state index contributed by atoms with van der Waals surface area (Å²) in [5, 5.41) is 9.04. The summed E-state index contributed by atoms with van der Waals surface area (Å²) in [7, 11) is 6.00. The predicted molar refractivity (Wildman–Crippen MR) is 173 cm³/mol. The Morgan fingerprint density at radius 1 is 0.956 bits per heavy atom. The zero-order valence-electron chi connectivity index (χ0n) is 27.5. The molecule has 0 heterocycles. The highest BCUT2D eigenvalue weighted by Crippen LogP contribution is 2.50. The summed E-state index contributed by atoms with van der Waals surface area (Å²) in [5.74, 6) is 0.908. The van der Waals surface area contributed by atoms with Gasteiger partial charge in [0.25, 0.3) is 0 Å². The van der Waals surface area contributed by atoms with Crippen molar-refractivity contribution < 1.29 is 33.3 Å². The number of unbranched alkanes of at least 4 members (excludes halogenated alkanes) is 2. The average Bonchev–Trinajstić information content (AvgIpc) is 3.25. The molecule has 0 unspecified atom stereocenters. The number of hydrogen-bond donors (Lipinski definition) is 3. The van der Waals surface area contributed by atoms with Gasteiger partial charge in [0.1, 0.15) is 6.04 Å². The molecule has 0 aromatic heterocycles. The fourth-order valence-electron chi connectivity index (χ4n) is 5.76. The number of fused-ring (bicyclic) bond motifs is 3. The van der Waals surface area contributed by atoms with Gasteiger partial charge in [-0.25, -0.2) is 4.79 Å². The summed E-state index contributed by atoms with van der Waals surface area (Å²) in [6, 6.07) is 6.11. The Hall–Kier alpha value is -4.28. The topological polar surface area (TPSA) is 141 Å². The molecule has 0 fully saturated rings. The number of benzene rings is 1. The highest BCUT2D eigenvalue weighted by molar-refractivity contribution is 5.85. The third-order valence-corrected chi connectivity index (χ3v) is 7.84. The molecule has 2 amide bonds. The fraction of sp³-hybridized carbons (Fsp3) is 0.529. The van der Waals surface area contributed by atoms with Gasteiger partial charge < -0.3 is 34.9 Å². The molecule has 3 N–H and O–H groups in total. The van der Waals surface area contributed by atoms with Crippen LogP contribution in [0.1, 0.15) is 76.5 Å². The Labute approximate surface area is 265 Å². The van der Waals surface area contributed by atoms with Crippen LogP contribution in [0.25, 0.3) is 11.1 Å². The minimum absolute atomic E-state index is 0.184. The molecule has 1 aliphatic rings. The Morgan fingerprint density at radius 3 is 2.31 bits per heavy atom. The quantitative estimate of drug-likeness (QED) is 0.192. The van der Waals surface area contributed by atoms with Crippen molar-refractivity contribution in [1.82, 2.24) is 10.6 Å². The number of methoxy groups -OCH3 is 4. The minimum atomic E-state index is -0.645. The van der Waals surface area contributed by atoms with Gasteiger partial charge in [0.15, 0.2) is 11.5 Å². The second kappa shape index (κ2) is 16.7. The van der Waals surface area contributed by atoms with Gasteiger partial charge in [0.2, 0.25) is 23.0 Å². The molecule has 0 saturated heterocycles. The molecule has 0 aliphatic heterocycles.